The first-order chi connectivity index (χ1) is 10.2. The fourth-order valence-corrected chi connectivity index (χ4v) is 2.69. The van der Waals surface area contributed by atoms with E-state index in [1.165, 1.54) is 11.8 Å². The number of carbonyl (C=O) groups excluding carboxylic acids is 1. The van der Waals surface area contributed by atoms with E-state index in [-0.39, 0.29) is 5.91 Å². The van der Waals surface area contributed by atoms with Crippen LogP contribution in [0.4, 0.5) is 11.4 Å². The van der Waals surface area contributed by atoms with Gasteiger partial charge >= 0.3 is 0 Å². The molecule has 4 nitrogen and oxygen atoms in total. The largest absolute Gasteiger partial charge is 0.399 e. The second kappa shape index (κ2) is 5.85. The molecule has 1 amide bonds. The highest BCUT2D eigenvalue weighted by Crippen LogP contribution is 2.28. The summed E-state index contributed by atoms with van der Waals surface area (Å²) in [5.41, 5.74) is 8.09. The van der Waals surface area contributed by atoms with Gasteiger partial charge in [0.25, 0.3) is 5.91 Å². The predicted octanol–water partition coefficient (Wildman–Crippen LogP) is 3.16. The van der Waals surface area contributed by atoms with E-state index in [4.69, 9.17) is 5.73 Å². The summed E-state index contributed by atoms with van der Waals surface area (Å²) < 4.78 is 0. The molecule has 3 rings (SSSR count). The fourth-order valence-electron chi connectivity index (χ4n) is 1.84. The van der Waals surface area contributed by atoms with Crippen LogP contribution < -0.4 is 11.1 Å². The monoisotopic (exact) mass is 295 g/mol. The Labute approximate surface area is 126 Å². The highest BCUT2D eigenvalue weighted by atomic mass is 32.2. The van der Waals surface area contributed by atoms with E-state index in [0.717, 1.165) is 11.3 Å². The first-order valence-corrected chi connectivity index (χ1v) is 7.22. The van der Waals surface area contributed by atoms with Gasteiger partial charge in [-0.15, -0.1) is 0 Å². The molecule has 2 aromatic carbocycles. The smallest absolute Gasteiger partial charge is 0.264 e. The Bertz CT molecular complexity index is 721. The number of anilines is 1. The van der Waals surface area contributed by atoms with Crippen LogP contribution in [0.25, 0.3) is 6.08 Å². The summed E-state index contributed by atoms with van der Waals surface area (Å²) >= 11 is 1.33. The van der Waals surface area contributed by atoms with Crippen LogP contribution in [0.5, 0.6) is 0 Å². The molecule has 0 atom stereocenters. The zero-order chi connectivity index (χ0) is 14.7. The summed E-state index contributed by atoms with van der Waals surface area (Å²) in [5.74, 6) is -0.133. The number of thioether (sulfide) groups is 1. The molecule has 0 unspecified atom stereocenters. The van der Waals surface area contributed by atoms with Crippen LogP contribution in [0.2, 0.25) is 0 Å². The molecule has 104 valence electrons. The van der Waals surface area contributed by atoms with Crippen molar-refractivity contribution in [2.24, 2.45) is 4.99 Å². The van der Waals surface area contributed by atoms with E-state index >= 15 is 0 Å². The van der Waals surface area contributed by atoms with E-state index in [1.807, 2.05) is 60.7 Å². The number of nitrogens with zero attached hydrogens (tertiary/aromatic N) is 1. The number of para-hydroxylation sites is 1. The molecule has 21 heavy (non-hydrogen) atoms. The fraction of sp³-hybridized carbons (Fsp3) is 0. The maximum absolute atomic E-state index is 11.9. The maximum Gasteiger partial charge on any atom is 0.264 e. The number of carbonyl (C=O) groups is 1. The van der Waals surface area contributed by atoms with Crippen molar-refractivity contribution in [1.82, 2.24) is 5.32 Å². The topological polar surface area (TPSA) is 67.5 Å². The molecule has 0 bridgehead atoms. The Balaban J connectivity index is 1.82. The standard InChI is InChI=1S/C16H13N3OS/c17-12-8-6-11(7-9-12)10-14-15(20)19-16(21-14)18-13-4-2-1-3-5-13/h1-10H,17H2,(H,18,19,20)/b14-10+. The van der Waals surface area contributed by atoms with Crippen LogP contribution in [-0.4, -0.2) is 11.1 Å². The molecule has 1 aliphatic rings. The second-order valence-corrected chi connectivity index (χ2v) is 5.51. The van der Waals surface area contributed by atoms with Crippen molar-refractivity contribution in [3.05, 3.63) is 65.1 Å². The van der Waals surface area contributed by atoms with Crippen molar-refractivity contribution in [1.29, 1.82) is 0 Å². The Hall–Kier alpha value is -2.53. The van der Waals surface area contributed by atoms with E-state index in [2.05, 4.69) is 10.3 Å². The molecule has 0 saturated carbocycles. The number of nitrogens with two attached hydrogens (primary N) is 1. The van der Waals surface area contributed by atoms with Crippen LogP contribution >= 0.6 is 11.8 Å². The van der Waals surface area contributed by atoms with Gasteiger partial charge < -0.3 is 11.1 Å². The highest BCUT2D eigenvalue weighted by molar-refractivity contribution is 8.18. The van der Waals surface area contributed by atoms with Gasteiger partial charge in [0.05, 0.1) is 10.6 Å². The summed E-state index contributed by atoms with van der Waals surface area (Å²) in [6.45, 7) is 0. The minimum absolute atomic E-state index is 0.133. The van der Waals surface area contributed by atoms with Gasteiger partial charge in [-0.05, 0) is 47.7 Å². The van der Waals surface area contributed by atoms with Crippen molar-refractivity contribution < 1.29 is 4.79 Å². The average molecular weight is 295 g/mol. The van der Waals surface area contributed by atoms with Crippen molar-refractivity contribution >= 4 is 40.3 Å². The molecule has 0 aliphatic carbocycles. The van der Waals surface area contributed by atoms with Gasteiger partial charge in [0.2, 0.25) is 0 Å². The van der Waals surface area contributed by atoms with E-state index in [1.54, 1.807) is 0 Å². The van der Waals surface area contributed by atoms with Crippen molar-refractivity contribution in [2.75, 3.05) is 5.73 Å². The van der Waals surface area contributed by atoms with Gasteiger partial charge in [-0.1, -0.05) is 30.3 Å². The highest BCUT2D eigenvalue weighted by Gasteiger charge is 2.23. The zero-order valence-corrected chi connectivity index (χ0v) is 11.9. The number of rotatable bonds is 2. The lowest BCUT2D eigenvalue weighted by molar-refractivity contribution is -0.115. The van der Waals surface area contributed by atoms with E-state index in [0.29, 0.717) is 15.8 Å². The lowest BCUT2D eigenvalue weighted by Gasteiger charge is -1.96. The summed E-state index contributed by atoms with van der Waals surface area (Å²) in [7, 11) is 0. The number of hydrogen-bond acceptors (Lipinski definition) is 4. The van der Waals surface area contributed by atoms with Crippen molar-refractivity contribution in [3.63, 3.8) is 0 Å². The van der Waals surface area contributed by atoms with Crippen LogP contribution in [-0.2, 0) is 4.79 Å². The molecule has 5 heteroatoms. The van der Waals surface area contributed by atoms with Gasteiger partial charge in [0, 0.05) is 5.69 Å². The van der Waals surface area contributed by atoms with Gasteiger partial charge in [-0.3, -0.25) is 4.79 Å². The van der Waals surface area contributed by atoms with E-state index < -0.39 is 0 Å². The minimum atomic E-state index is -0.133. The quantitative estimate of drug-likeness (QED) is 0.660. The number of nitrogen functional groups attached to an aromatic ring is 1. The lowest BCUT2D eigenvalue weighted by atomic mass is 10.2. The number of amidine groups is 1. The summed E-state index contributed by atoms with van der Waals surface area (Å²) in [6, 6.07) is 16.9. The van der Waals surface area contributed by atoms with Gasteiger partial charge in [-0.25, -0.2) is 4.99 Å². The Kier molecular flexibility index (Phi) is 3.75. The average Bonchev–Trinajstić information content (AvgIpc) is 2.82. The Morgan fingerprint density at radius 1 is 1.05 bits per heavy atom. The molecule has 0 aromatic heterocycles. The summed E-state index contributed by atoms with van der Waals surface area (Å²) in [6.07, 6.45) is 1.83. The number of amides is 1. The first-order valence-electron chi connectivity index (χ1n) is 6.41. The van der Waals surface area contributed by atoms with Crippen LogP contribution in [0, 0.1) is 0 Å². The van der Waals surface area contributed by atoms with Gasteiger partial charge in [0.1, 0.15) is 0 Å². The van der Waals surface area contributed by atoms with Crippen LogP contribution in [0.15, 0.2) is 64.5 Å². The molecule has 1 aliphatic heterocycles. The first kappa shape index (κ1) is 13.5. The number of aliphatic imine (C=N–C) groups is 1. The number of nitrogens with one attached hydrogen (secondary N) is 1. The normalized spacial score (nSPS) is 18.2. The van der Waals surface area contributed by atoms with Gasteiger partial charge in [0.15, 0.2) is 5.17 Å². The number of hydrogen-bond donors (Lipinski definition) is 2. The summed E-state index contributed by atoms with van der Waals surface area (Å²) in [4.78, 5) is 17.0. The lowest BCUT2D eigenvalue weighted by Crippen LogP contribution is -2.19. The molecule has 1 heterocycles. The van der Waals surface area contributed by atoms with Crippen molar-refractivity contribution in [3.8, 4) is 0 Å². The third kappa shape index (κ3) is 3.32. The van der Waals surface area contributed by atoms with Crippen LogP contribution in [0.3, 0.4) is 0 Å². The third-order valence-electron chi connectivity index (χ3n) is 2.87. The van der Waals surface area contributed by atoms with E-state index in [9.17, 15) is 4.79 Å². The van der Waals surface area contributed by atoms with Gasteiger partial charge in [-0.2, -0.15) is 0 Å². The zero-order valence-electron chi connectivity index (χ0n) is 11.1. The Morgan fingerprint density at radius 2 is 1.76 bits per heavy atom. The molecule has 0 spiro atoms. The SMILES string of the molecule is Nc1ccc(/C=C2/SC(=Nc3ccccc3)NC2=O)cc1. The Morgan fingerprint density at radius 3 is 2.48 bits per heavy atom. The summed E-state index contributed by atoms with van der Waals surface area (Å²) in [5, 5.41) is 3.36. The molecule has 0 radical (unpaired) electrons. The number of benzene rings is 2. The van der Waals surface area contributed by atoms with Crippen LogP contribution in [0.1, 0.15) is 5.56 Å². The maximum atomic E-state index is 11.9. The predicted molar refractivity (Wildman–Crippen MR) is 88.1 cm³/mol. The molecular formula is C16H13N3OS. The molecule has 3 N–H and O–H groups in total. The molecule has 2 aromatic rings. The third-order valence-corrected chi connectivity index (χ3v) is 3.78. The minimum Gasteiger partial charge on any atom is -0.399 e. The molecular weight excluding hydrogens is 282 g/mol. The molecule has 1 fully saturated rings. The van der Waals surface area contributed by atoms with Crippen molar-refractivity contribution in [2.45, 2.75) is 0 Å². The second-order valence-electron chi connectivity index (χ2n) is 4.48. The molecule has 1 saturated heterocycles.